The molecule has 7 rings (SSSR count). The fourth-order valence-corrected chi connectivity index (χ4v) is 8.65. The van der Waals surface area contributed by atoms with Gasteiger partial charge in [-0.25, -0.2) is 0 Å². The van der Waals surface area contributed by atoms with Crippen molar-refractivity contribution >= 4 is 29.3 Å². The molecule has 4 N–H and O–H groups in total. The lowest BCUT2D eigenvalue weighted by atomic mass is 9.94. The van der Waals surface area contributed by atoms with Crippen LogP contribution < -0.4 is 30.9 Å². The third-order valence-electron chi connectivity index (χ3n) is 12.4. The normalized spacial score (nSPS) is 20.6. The van der Waals surface area contributed by atoms with Gasteiger partial charge in [-0.05, 0) is 97.0 Å². The Hall–Kier alpha value is -5.72. The number of piperidine rings is 1. The van der Waals surface area contributed by atoms with Gasteiger partial charge in [-0.2, -0.15) is 0 Å². The average Bonchev–Trinajstić information content (AvgIpc) is 3.30. The largest absolute Gasteiger partial charge is 0.494 e. The van der Waals surface area contributed by atoms with Crippen LogP contribution in [0, 0.1) is 12.8 Å². The van der Waals surface area contributed by atoms with Crippen LogP contribution in [0.1, 0.15) is 66.3 Å². The number of nitrogens with zero attached hydrogens (tertiary/aromatic N) is 3. The topological polar surface area (TPSA) is 135 Å². The van der Waals surface area contributed by atoms with Gasteiger partial charge in [0.2, 0.25) is 23.6 Å². The molecule has 2 saturated heterocycles. The molecule has 2 fully saturated rings. The Morgan fingerprint density at radius 2 is 1.53 bits per heavy atom. The molecule has 0 radical (unpaired) electrons. The van der Waals surface area contributed by atoms with Crippen LogP contribution in [0.15, 0.2) is 103 Å². The van der Waals surface area contributed by atoms with Crippen LogP contribution in [0.25, 0.3) is 0 Å². The first kappa shape index (κ1) is 44.3. The predicted molar refractivity (Wildman–Crippen MR) is 242 cm³/mol. The molecule has 4 aromatic rings. The van der Waals surface area contributed by atoms with E-state index in [1.54, 1.807) is 0 Å². The summed E-state index contributed by atoms with van der Waals surface area (Å²) in [6.45, 7) is 9.89. The summed E-state index contributed by atoms with van der Waals surface area (Å²) >= 11 is 0. The Kier molecular flexibility index (Phi) is 16.0. The monoisotopic (exact) mass is 841 g/mol. The van der Waals surface area contributed by atoms with Gasteiger partial charge in [0.1, 0.15) is 17.8 Å². The molecular weight excluding hydrogens is 779 g/mol. The maximum absolute atomic E-state index is 14.2. The molecule has 3 aliphatic rings. The summed E-state index contributed by atoms with van der Waals surface area (Å²) in [6.07, 6.45) is 3.45. The van der Waals surface area contributed by atoms with Gasteiger partial charge in [0.25, 0.3) is 0 Å². The Labute approximate surface area is 366 Å². The first-order valence-electron chi connectivity index (χ1n) is 22.5. The highest BCUT2D eigenvalue weighted by molar-refractivity contribution is 5.95. The second-order valence-electron chi connectivity index (χ2n) is 17.0. The molecule has 4 amide bonds. The number of aryl methyl sites for hydroxylation is 2. The van der Waals surface area contributed by atoms with E-state index in [2.05, 4.69) is 85.7 Å². The highest BCUT2D eigenvalue weighted by Gasteiger charge is 2.32. The SMILES string of the molecule is Cc1ccc2cc1CNC(=O)[C@H](CCc1ccccc1)NC(=O)[C@@H](NC(=O)CCNCc1ccc(N3CCN(Cc4ccccc4)CC3)cc1)CC(=O)N1CCCC(CCO2)C1. The molecule has 4 aromatic carbocycles. The van der Waals surface area contributed by atoms with Crippen LogP contribution in [-0.4, -0.2) is 97.9 Å². The third-order valence-corrected chi connectivity index (χ3v) is 12.4. The highest BCUT2D eigenvalue weighted by atomic mass is 16.5. The Morgan fingerprint density at radius 3 is 2.29 bits per heavy atom. The molecule has 328 valence electrons. The van der Waals surface area contributed by atoms with Gasteiger partial charge in [-0.3, -0.25) is 24.1 Å². The molecular formula is C50H63N7O5. The molecule has 1 unspecified atom stereocenters. The number of piperazine rings is 1. The lowest BCUT2D eigenvalue weighted by Gasteiger charge is -2.36. The summed E-state index contributed by atoms with van der Waals surface area (Å²) in [7, 11) is 0. The van der Waals surface area contributed by atoms with Crippen LogP contribution in [-0.2, 0) is 45.2 Å². The van der Waals surface area contributed by atoms with Gasteiger partial charge in [-0.15, -0.1) is 0 Å². The van der Waals surface area contributed by atoms with Crippen LogP contribution in [0.2, 0.25) is 0 Å². The Morgan fingerprint density at radius 1 is 0.790 bits per heavy atom. The van der Waals surface area contributed by atoms with Gasteiger partial charge < -0.3 is 35.8 Å². The first-order chi connectivity index (χ1) is 30.3. The van der Waals surface area contributed by atoms with E-state index >= 15 is 0 Å². The van der Waals surface area contributed by atoms with Gasteiger partial charge in [0.15, 0.2) is 0 Å². The van der Waals surface area contributed by atoms with Crippen LogP contribution in [0.3, 0.4) is 0 Å². The summed E-state index contributed by atoms with van der Waals surface area (Å²) in [5.74, 6) is -0.420. The van der Waals surface area contributed by atoms with Crippen LogP contribution in [0.5, 0.6) is 5.75 Å². The fourth-order valence-electron chi connectivity index (χ4n) is 8.65. The zero-order valence-electron chi connectivity index (χ0n) is 36.2. The third kappa shape index (κ3) is 13.1. The van der Waals surface area contributed by atoms with E-state index in [-0.39, 0.29) is 43.0 Å². The molecule has 0 aliphatic carbocycles. The van der Waals surface area contributed by atoms with Crippen molar-refractivity contribution in [3.05, 3.63) is 131 Å². The number of ether oxygens (including phenoxy) is 1. The predicted octanol–water partition coefficient (Wildman–Crippen LogP) is 5.13. The first-order valence-corrected chi connectivity index (χ1v) is 22.5. The van der Waals surface area contributed by atoms with E-state index in [0.29, 0.717) is 45.6 Å². The molecule has 4 bridgehead atoms. The van der Waals surface area contributed by atoms with Crippen LogP contribution in [0.4, 0.5) is 5.69 Å². The molecule has 3 atom stereocenters. The van der Waals surface area contributed by atoms with Gasteiger partial charge in [0.05, 0.1) is 13.0 Å². The van der Waals surface area contributed by atoms with Gasteiger partial charge in [0, 0.05) is 77.6 Å². The molecule has 12 heteroatoms. The standard InChI is InChI=1S/C50H63N7O5/c1-37-14-20-44-31-42(37)34-52-49(60)45(21-17-38-9-4-2-5-10-38)54-50(61)46(32-48(59)57-25-8-13-41(36-57)23-30-62-44)53-47(58)22-24-51-33-39-15-18-43(19-16-39)56-28-26-55(27-29-56)35-40-11-6-3-7-12-40/h2-7,9-12,14-16,18-20,31,41,45-46,51H,8,13,17,21-30,32-36H2,1H3,(H,52,60)(H,53,58)(H,54,61)/t41?,45-,46-/m0/s1. The van der Waals surface area contributed by atoms with Crippen molar-refractivity contribution in [2.75, 3.05) is 57.3 Å². The maximum Gasteiger partial charge on any atom is 0.243 e. The number of hydrogen-bond donors (Lipinski definition) is 4. The fraction of sp³-hybridized carbons (Fsp3) is 0.440. The number of amides is 4. The van der Waals surface area contributed by atoms with Crippen molar-refractivity contribution < 1.29 is 23.9 Å². The molecule has 12 nitrogen and oxygen atoms in total. The minimum absolute atomic E-state index is 0.117. The Bertz CT molecular complexity index is 2070. The minimum atomic E-state index is -1.14. The summed E-state index contributed by atoms with van der Waals surface area (Å²) in [5, 5.41) is 12.2. The number of fused-ring (bicyclic) bond motifs is 4. The molecule has 3 heterocycles. The average molecular weight is 842 g/mol. The second kappa shape index (κ2) is 22.4. The molecule has 0 spiro atoms. The van der Waals surface area contributed by atoms with E-state index in [1.807, 2.05) is 60.4 Å². The van der Waals surface area contributed by atoms with E-state index in [9.17, 15) is 19.2 Å². The number of nitrogens with one attached hydrogen (secondary N) is 4. The van der Waals surface area contributed by atoms with Crippen molar-refractivity contribution in [1.82, 2.24) is 31.1 Å². The Balaban J connectivity index is 0.956. The van der Waals surface area contributed by atoms with Gasteiger partial charge >= 0.3 is 0 Å². The molecule has 62 heavy (non-hydrogen) atoms. The summed E-state index contributed by atoms with van der Waals surface area (Å²) in [5.41, 5.74) is 6.65. The molecule has 0 saturated carbocycles. The van der Waals surface area contributed by atoms with Gasteiger partial charge in [-0.1, -0.05) is 78.9 Å². The smallest absolute Gasteiger partial charge is 0.243 e. The highest BCUT2D eigenvalue weighted by Crippen LogP contribution is 2.24. The van der Waals surface area contributed by atoms with Crippen molar-refractivity contribution in [2.24, 2.45) is 5.92 Å². The zero-order valence-corrected chi connectivity index (χ0v) is 36.2. The number of carbonyl (C=O) groups is 4. The van der Waals surface area contributed by atoms with E-state index in [4.69, 9.17) is 4.74 Å². The van der Waals surface area contributed by atoms with E-state index in [0.717, 1.165) is 80.0 Å². The second-order valence-corrected chi connectivity index (χ2v) is 17.0. The van der Waals surface area contributed by atoms with Crippen LogP contribution >= 0.6 is 0 Å². The summed E-state index contributed by atoms with van der Waals surface area (Å²) in [6, 6.07) is 32.8. The summed E-state index contributed by atoms with van der Waals surface area (Å²) in [4.78, 5) is 62.1. The van der Waals surface area contributed by atoms with Crippen molar-refractivity contribution in [1.29, 1.82) is 0 Å². The molecule has 3 aliphatic heterocycles. The van der Waals surface area contributed by atoms with E-state index < -0.39 is 18.0 Å². The number of hydrogen-bond acceptors (Lipinski definition) is 8. The van der Waals surface area contributed by atoms with Crippen molar-refractivity contribution in [2.45, 2.75) is 83.6 Å². The number of benzene rings is 4. The maximum atomic E-state index is 14.2. The quantitative estimate of drug-likeness (QED) is 0.145. The van der Waals surface area contributed by atoms with E-state index in [1.165, 1.54) is 11.3 Å². The van der Waals surface area contributed by atoms with Crippen molar-refractivity contribution in [3.63, 3.8) is 0 Å². The minimum Gasteiger partial charge on any atom is -0.494 e. The number of anilines is 1. The summed E-state index contributed by atoms with van der Waals surface area (Å²) < 4.78 is 6.16. The molecule has 0 aromatic heterocycles. The lowest BCUT2D eigenvalue weighted by molar-refractivity contribution is -0.138. The lowest BCUT2D eigenvalue weighted by Crippen LogP contribution is -2.55. The van der Waals surface area contributed by atoms with Crippen molar-refractivity contribution in [3.8, 4) is 5.75 Å². The number of carbonyl (C=O) groups excluding carboxylic acids is 4. The number of rotatable bonds is 12. The zero-order chi connectivity index (χ0) is 43.1.